The lowest BCUT2D eigenvalue weighted by molar-refractivity contribution is -0.140. The lowest BCUT2D eigenvalue weighted by atomic mass is 9.85. The maximum atomic E-state index is 13.0. The van der Waals surface area contributed by atoms with Gasteiger partial charge in [-0.05, 0) is 19.8 Å². The Labute approximate surface area is 113 Å². The third-order valence-corrected chi connectivity index (χ3v) is 3.75. The van der Waals surface area contributed by atoms with Crippen LogP contribution in [0.3, 0.4) is 0 Å². The average molecular weight is 283 g/mol. The Balaban J connectivity index is 0.00000162. The zero-order chi connectivity index (χ0) is 12.5. The zero-order valence-corrected chi connectivity index (χ0v) is 11.4. The predicted molar refractivity (Wildman–Crippen MR) is 68.2 cm³/mol. The first-order chi connectivity index (χ1) is 7.98. The number of hydrogen-bond acceptors (Lipinski definition) is 2. The number of halogens is 3. The Hall–Kier alpha value is -0.420. The highest BCUT2D eigenvalue weighted by Gasteiger charge is 2.38. The molecular weight excluding hydrogens is 262 g/mol. The summed E-state index contributed by atoms with van der Waals surface area (Å²) in [5.74, 6) is -2.65. The highest BCUT2D eigenvalue weighted by molar-refractivity contribution is 5.85. The molecule has 1 aliphatic heterocycles. The third kappa shape index (κ3) is 3.79. The van der Waals surface area contributed by atoms with Crippen LogP contribution in [-0.4, -0.2) is 42.4 Å². The van der Waals surface area contributed by atoms with Crippen LogP contribution in [0.5, 0.6) is 0 Å². The molecule has 0 bridgehead atoms. The van der Waals surface area contributed by atoms with Crippen LogP contribution in [0.15, 0.2) is 0 Å². The van der Waals surface area contributed by atoms with Gasteiger partial charge in [-0.25, -0.2) is 8.78 Å². The van der Waals surface area contributed by atoms with Gasteiger partial charge < -0.3 is 10.2 Å². The molecule has 1 heterocycles. The van der Waals surface area contributed by atoms with Gasteiger partial charge in [0, 0.05) is 44.4 Å². The van der Waals surface area contributed by atoms with E-state index in [4.69, 9.17) is 0 Å². The summed E-state index contributed by atoms with van der Waals surface area (Å²) in [7, 11) is 0. The van der Waals surface area contributed by atoms with E-state index in [1.54, 1.807) is 0 Å². The molecule has 0 aromatic carbocycles. The van der Waals surface area contributed by atoms with Crippen LogP contribution in [0.1, 0.15) is 32.6 Å². The molecule has 106 valence electrons. The fourth-order valence-electron chi connectivity index (χ4n) is 2.68. The molecule has 1 N–H and O–H groups in total. The van der Waals surface area contributed by atoms with Crippen molar-refractivity contribution in [2.75, 3.05) is 19.6 Å². The number of nitrogens with zero attached hydrogens (tertiary/aromatic N) is 1. The molecule has 0 aromatic heterocycles. The summed E-state index contributed by atoms with van der Waals surface area (Å²) in [6.07, 6.45) is 0.407. The first-order valence-electron chi connectivity index (χ1n) is 6.38. The molecule has 3 nitrogen and oxygen atoms in total. The number of carbonyl (C=O) groups excluding carboxylic acids is 1. The Morgan fingerprint density at radius 2 is 1.94 bits per heavy atom. The second kappa shape index (κ2) is 6.15. The topological polar surface area (TPSA) is 32.3 Å². The number of alkyl halides is 2. The summed E-state index contributed by atoms with van der Waals surface area (Å²) in [5.41, 5.74) is 0. The molecule has 2 aliphatic rings. The lowest BCUT2D eigenvalue weighted by Gasteiger charge is -2.36. The van der Waals surface area contributed by atoms with E-state index < -0.39 is 5.92 Å². The van der Waals surface area contributed by atoms with E-state index >= 15 is 0 Å². The van der Waals surface area contributed by atoms with Gasteiger partial charge in [-0.3, -0.25) is 4.79 Å². The highest BCUT2D eigenvalue weighted by atomic mass is 35.5. The summed E-state index contributed by atoms with van der Waals surface area (Å²) in [5, 5.41) is 3.27. The molecule has 1 saturated heterocycles. The van der Waals surface area contributed by atoms with Crippen molar-refractivity contribution in [3.8, 4) is 0 Å². The van der Waals surface area contributed by atoms with Crippen molar-refractivity contribution in [3.63, 3.8) is 0 Å². The maximum absolute atomic E-state index is 13.0. The van der Waals surface area contributed by atoms with Crippen molar-refractivity contribution in [3.05, 3.63) is 0 Å². The van der Waals surface area contributed by atoms with Crippen LogP contribution in [0, 0.1) is 5.92 Å². The van der Waals surface area contributed by atoms with Gasteiger partial charge >= 0.3 is 0 Å². The van der Waals surface area contributed by atoms with Crippen molar-refractivity contribution < 1.29 is 13.6 Å². The fraction of sp³-hybridized carbons (Fsp3) is 0.917. The van der Waals surface area contributed by atoms with Crippen LogP contribution in [0.25, 0.3) is 0 Å². The van der Waals surface area contributed by atoms with Gasteiger partial charge in [0.05, 0.1) is 0 Å². The first-order valence-corrected chi connectivity index (χ1v) is 6.38. The zero-order valence-electron chi connectivity index (χ0n) is 10.6. The van der Waals surface area contributed by atoms with E-state index in [-0.39, 0.29) is 37.1 Å². The van der Waals surface area contributed by atoms with E-state index in [2.05, 4.69) is 5.32 Å². The molecule has 2 rings (SSSR count). The minimum absolute atomic E-state index is 0. The molecule has 6 heteroatoms. The summed E-state index contributed by atoms with van der Waals surface area (Å²) in [6, 6.07) is 0.303. The molecule has 1 atom stereocenters. The number of hydrogen-bond donors (Lipinski definition) is 1. The van der Waals surface area contributed by atoms with Gasteiger partial charge in [-0.2, -0.15) is 0 Å². The van der Waals surface area contributed by atoms with Gasteiger partial charge in [0.15, 0.2) is 0 Å². The highest BCUT2D eigenvalue weighted by Crippen LogP contribution is 2.36. The van der Waals surface area contributed by atoms with Gasteiger partial charge in [0.1, 0.15) is 0 Å². The van der Waals surface area contributed by atoms with Crippen molar-refractivity contribution in [1.29, 1.82) is 0 Å². The van der Waals surface area contributed by atoms with E-state index in [9.17, 15) is 13.6 Å². The minimum atomic E-state index is -2.55. The summed E-state index contributed by atoms with van der Waals surface area (Å²) in [4.78, 5) is 14.0. The normalized spacial score (nSPS) is 28.6. The van der Waals surface area contributed by atoms with Crippen LogP contribution >= 0.6 is 12.4 Å². The Bertz CT molecular complexity index is 292. The standard InChI is InChI=1S/C12H20F2N2O.ClH/c1-9-8-16(7-6-15-9)11(17)10-2-4-12(13,14)5-3-10;/h9-10,15H,2-8H2,1H3;1H/t9-;/m0./s1. The molecule has 2 fully saturated rings. The van der Waals surface area contributed by atoms with E-state index in [1.807, 2.05) is 11.8 Å². The monoisotopic (exact) mass is 282 g/mol. The Morgan fingerprint density at radius 3 is 2.50 bits per heavy atom. The minimum Gasteiger partial charge on any atom is -0.340 e. The molecule has 0 radical (unpaired) electrons. The number of nitrogens with one attached hydrogen (secondary N) is 1. The molecular formula is C12H21ClF2N2O. The smallest absolute Gasteiger partial charge is 0.248 e. The quantitative estimate of drug-likeness (QED) is 0.798. The lowest BCUT2D eigenvalue weighted by Crippen LogP contribution is -2.53. The summed E-state index contributed by atoms with van der Waals surface area (Å²) in [6.45, 7) is 4.24. The van der Waals surface area contributed by atoms with E-state index in [1.165, 1.54) is 0 Å². The molecule has 1 amide bonds. The SMILES string of the molecule is C[C@H]1CN(C(=O)C2CCC(F)(F)CC2)CCN1.Cl. The Kier molecular flexibility index (Phi) is 5.34. The summed E-state index contributed by atoms with van der Waals surface area (Å²) < 4.78 is 26.0. The predicted octanol–water partition coefficient (Wildman–Crippen LogP) is 2.05. The average Bonchev–Trinajstić information content (AvgIpc) is 2.28. The van der Waals surface area contributed by atoms with E-state index in [0.717, 1.165) is 6.54 Å². The molecule has 0 spiro atoms. The van der Waals surface area contributed by atoms with Gasteiger partial charge in [0.25, 0.3) is 0 Å². The largest absolute Gasteiger partial charge is 0.340 e. The van der Waals surface area contributed by atoms with Gasteiger partial charge in [-0.15, -0.1) is 12.4 Å². The maximum Gasteiger partial charge on any atom is 0.248 e. The Morgan fingerprint density at radius 1 is 1.33 bits per heavy atom. The first kappa shape index (κ1) is 15.6. The van der Waals surface area contributed by atoms with Crippen molar-refractivity contribution in [2.24, 2.45) is 5.92 Å². The molecule has 1 aliphatic carbocycles. The second-order valence-electron chi connectivity index (χ2n) is 5.27. The third-order valence-electron chi connectivity index (χ3n) is 3.75. The van der Waals surface area contributed by atoms with E-state index in [0.29, 0.717) is 32.0 Å². The summed E-state index contributed by atoms with van der Waals surface area (Å²) >= 11 is 0. The van der Waals surface area contributed by atoms with Crippen LogP contribution < -0.4 is 5.32 Å². The molecule has 18 heavy (non-hydrogen) atoms. The number of carbonyl (C=O) groups is 1. The molecule has 0 unspecified atom stereocenters. The number of amides is 1. The van der Waals surface area contributed by atoms with Crippen molar-refractivity contribution >= 4 is 18.3 Å². The van der Waals surface area contributed by atoms with Crippen LogP contribution in [0.4, 0.5) is 8.78 Å². The fourth-order valence-corrected chi connectivity index (χ4v) is 2.68. The van der Waals surface area contributed by atoms with Crippen molar-refractivity contribution in [1.82, 2.24) is 10.2 Å². The van der Waals surface area contributed by atoms with Crippen molar-refractivity contribution in [2.45, 2.75) is 44.6 Å². The number of piperazine rings is 1. The van der Waals surface area contributed by atoms with Gasteiger partial charge in [-0.1, -0.05) is 0 Å². The van der Waals surface area contributed by atoms with Gasteiger partial charge in [0.2, 0.25) is 11.8 Å². The van der Waals surface area contributed by atoms with Crippen LogP contribution in [0.2, 0.25) is 0 Å². The van der Waals surface area contributed by atoms with Crippen LogP contribution in [-0.2, 0) is 4.79 Å². The molecule has 1 saturated carbocycles. The number of rotatable bonds is 1. The molecule has 0 aromatic rings. The second-order valence-corrected chi connectivity index (χ2v) is 5.27.